The average molecular weight is 330 g/mol. The molecule has 5 heteroatoms. The topological polar surface area (TPSA) is 69.5 Å². The number of rotatable bonds is 4. The Kier molecular flexibility index (Phi) is 5.09. The maximum atomic E-state index is 13.1. The fraction of sp³-hybridized carbons (Fsp3) is 0.526. The lowest BCUT2D eigenvalue weighted by atomic mass is 10.0. The smallest absolute Gasteiger partial charge is 0.270 e. The number of aliphatic hydroxyl groups is 1. The van der Waals surface area contributed by atoms with E-state index in [1.54, 1.807) is 18.4 Å². The van der Waals surface area contributed by atoms with Gasteiger partial charge in [0.1, 0.15) is 17.6 Å². The maximum Gasteiger partial charge on any atom is 0.270 e. The quantitative estimate of drug-likeness (QED) is 0.897. The Hall–Kier alpha value is -2.01. The van der Waals surface area contributed by atoms with Crippen LogP contribution in [0.5, 0.6) is 0 Å². The number of aromatic amines is 1. The Bertz CT molecular complexity index is 675. The molecule has 1 fully saturated rings. The highest BCUT2D eigenvalue weighted by atomic mass is 16.4. The molecule has 3 rings (SSSR count). The number of likely N-dealkylation sites (tertiary alicyclic amines) is 1. The Morgan fingerprint density at radius 2 is 2.25 bits per heavy atom. The number of aliphatic hydroxyl groups excluding tert-OH is 1. The fourth-order valence-electron chi connectivity index (χ4n) is 3.64. The van der Waals surface area contributed by atoms with Crippen molar-refractivity contribution in [2.75, 3.05) is 6.54 Å². The normalized spacial score (nSPS) is 20.0. The molecule has 2 N–H and O–H groups in total. The van der Waals surface area contributed by atoms with Gasteiger partial charge in [0.15, 0.2) is 0 Å². The second-order valence-electron chi connectivity index (χ2n) is 6.78. The van der Waals surface area contributed by atoms with Crippen LogP contribution in [0, 0.1) is 13.8 Å². The third kappa shape index (κ3) is 3.56. The van der Waals surface area contributed by atoms with Gasteiger partial charge in [-0.3, -0.25) is 4.79 Å². The van der Waals surface area contributed by atoms with Gasteiger partial charge < -0.3 is 19.4 Å². The Labute approximate surface area is 142 Å². The van der Waals surface area contributed by atoms with Crippen molar-refractivity contribution in [3.63, 3.8) is 0 Å². The molecule has 0 aromatic carbocycles. The van der Waals surface area contributed by atoms with Crippen molar-refractivity contribution in [2.45, 2.75) is 58.1 Å². The van der Waals surface area contributed by atoms with Gasteiger partial charge in [0.25, 0.3) is 5.91 Å². The lowest BCUT2D eigenvalue weighted by molar-refractivity contribution is 0.0552. The third-order valence-electron chi connectivity index (χ3n) is 4.87. The number of amides is 1. The molecule has 0 bridgehead atoms. The van der Waals surface area contributed by atoms with E-state index in [1.807, 2.05) is 24.8 Å². The molecule has 1 amide bonds. The predicted octanol–water partition coefficient (Wildman–Crippen LogP) is 3.73. The summed E-state index contributed by atoms with van der Waals surface area (Å²) < 4.78 is 5.31. The molecule has 0 unspecified atom stereocenters. The van der Waals surface area contributed by atoms with Crippen LogP contribution in [0.2, 0.25) is 0 Å². The zero-order valence-electron chi connectivity index (χ0n) is 14.4. The number of aromatic nitrogens is 1. The molecule has 3 heterocycles. The highest BCUT2D eigenvalue weighted by Gasteiger charge is 2.30. The van der Waals surface area contributed by atoms with E-state index in [4.69, 9.17) is 4.42 Å². The first-order valence-electron chi connectivity index (χ1n) is 8.75. The largest absolute Gasteiger partial charge is 0.467 e. The molecule has 24 heavy (non-hydrogen) atoms. The summed E-state index contributed by atoms with van der Waals surface area (Å²) in [7, 11) is 0. The van der Waals surface area contributed by atoms with Gasteiger partial charge in [-0.05, 0) is 50.5 Å². The summed E-state index contributed by atoms with van der Waals surface area (Å²) in [5.74, 6) is 0.609. The molecule has 1 saturated heterocycles. The van der Waals surface area contributed by atoms with Gasteiger partial charge >= 0.3 is 0 Å². The summed E-state index contributed by atoms with van der Waals surface area (Å²) in [6.45, 7) is 4.66. The number of hydrogen-bond acceptors (Lipinski definition) is 3. The molecular formula is C19H26N2O3. The van der Waals surface area contributed by atoms with Crippen LogP contribution < -0.4 is 0 Å². The molecular weight excluding hydrogens is 304 g/mol. The predicted molar refractivity (Wildman–Crippen MR) is 91.8 cm³/mol. The number of furan rings is 1. The lowest BCUT2D eigenvalue weighted by Crippen LogP contribution is -2.41. The molecule has 2 aromatic heterocycles. The van der Waals surface area contributed by atoms with Crippen molar-refractivity contribution in [3.05, 3.63) is 47.2 Å². The molecule has 0 radical (unpaired) electrons. The van der Waals surface area contributed by atoms with Crippen LogP contribution in [0.1, 0.15) is 65.7 Å². The molecule has 0 saturated carbocycles. The van der Waals surface area contributed by atoms with Gasteiger partial charge in [-0.25, -0.2) is 0 Å². The minimum Gasteiger partial charge on any atom is -0.467 e. The van der Waals surface area contributed by atoms with Gasteiger partial charge in [-0.1, -0.05) is 12.8 Å². The summed E-state index contributed by atoms with van der Waals surface area (Å²) in [6.07, 6.45) is 5.55. The van der Waals surface area contributed by atoms with Gasteiger partial charge in [-0.15, -0.1) is 0 Å². The second-order valence-corrected chi connectivity index (χ2v) is 6.78. The van der Waals surface area contributed by atoms with Crippen LogP contribution in [0.3, 0.4) is 0 Å². The van der Waals surface area contributed by atoms with Crippen LogP contribution in [-0.4, -0.2) is 33.5 Å². The summed E-state index contributed by atoms with van der Waals surface area (Å²) in [6, 6.07) is 5.59. The first-order chi connectivity index (χ1) is 11.6. The second kappa shape index (κ2) is 7.26. The molecule has 0 spiro atoms. The zero-order chi connectivity index (χ0) is 17.1. The highest BCUT2D eigenvalue weighted by Crippen LogP contribution is 2.28. The highest BCUT2D eigenvalue weighted by molar-refractivity contribution is 5.94. The summed E-state index contributed by atoms with van der Waals surface area (Å²) >= 11 is 0. The van der Waals surface area contributed by atoms with Crippen LogP contribution >= 0.6 is 0 Å². The van der Waals surface area contributed by atoms with Crippen molar-refractivity contribution >= 4 is 5.91 Å². The number of nitrogens with one attached hydrogen (secondary N) is 1. The number of carbonyl (C=O) groups is 1. The van der Waals surface area contributed by atoms with Crippen LogP contribution in [0.25, 0.3) is 0 Å². The molecule has 1 aliphatic rings. The fourth-order valence-corrected chi connectivity index (χ4v) is 3.64. The van der Waals surface area contributed by atoms with Gasteiger partial charge in [0.2, 0.25) is 0 Å². The van der Waals surface area contributed by atoms with Gasteiger partial charge in [-0.2, -0.15) is 0 Å². The average Bonchev–Trinajstić information content (AvgIpc) is 3.13. The number of nitrogens with zero attached hydrogens (tertiary/aromatic N) is 1. The number of carbonyl (C=O) groups excluding carboxylic acids is 1. The van der Waals surface area contributed by atoms with E-state index in [9.17, 15) is 9.90 Å². The van der Waals surface area contributed by atoms with E-state index in [1.165, 1.54) is 0 Å². The van der Waals surface area contributed by atoms with Crippen molar-refractivity contribution in [2.24, 2.45) is 0 Å². The van der Waals surface area contributed by atoms with E-state index >= 15 is 0 Å². The van der Waals surface area contributed by atoms with Crippen molar-refractivity contribution in [1.29, 1.82) is 0 Å². The molecule has 5 nitrogen and oxygen atoms in total. The third-order valence-corrected chi connectivity index (χ3v) is 4.87. The number of H-pyrrole nitrogens is 1. The van der Waals surface area contributed by atoms with Crippen LogP contribution in [-0.2, 0) is 0 Å². The Morgan fingerprint density at radius 1 is 1.42 bits per heavy atom. The standard InChI is InChI=1S/C19H26N2O3/c1-13-11-14(2)20-18(13)19(23)21-9-5-3-4-7-15(21)12-16(22)17-8-6-10-24-17/h6,8,10-11,15-16,20,22H,3-5,7,9,12H2,1-2H3/t15-,16+/m0/s1. The molecule has 0 aliphatic carbocycles. The summed E-state index contributed by atoms with van der Waals surface area (Å²) in [5, 5.41) is 10.4. The summed E-state index contributed by atoms with van der Waals surface area (Å²) in [4.78, 5) is 18.2. The number of hydrogen-bond donors (Lipinski definition) is 2. The van der Waals surface area contributed by atoms with Crippen LogP contribution in [0.4, 0.5) is 0 Å². The molecule has 130 valence electrons. The first-order valence-corrected chi connectivity index (χ1v) is 8.75. The van der Waals surface area contributed by atoms with Crippen molar-refractivity contribution in [3.8, 4) is 0 Å². The minimum absolute atomic E-state index is 0.0307. The zero-order valence-corrected chi connectivity index (χ0v) is 14.4. The monoisotopic (exact) mass is 330 g/mol. The van der Waals surface area contributed by atoms with Gasteiger partial charge in [0, 0.05) is 24.7 Å². The molecule has 2 aromatic rings. The van der Waals surface area contributed by atoms with E-state index < -0.39 is 6.10 Å². The van der Waals surface area contributed by atoms with E-state index in [0.29, 0.717) is 17.9 Å². The van der Waals surface area contributed by atoms with E-state index in [0.717, 1.165) is 43.5 Å². The maximum absolute atomic E-state index is 13.1. The van der Waals surface area contributed by atoms with E-state index in [2.05, 4.69) is 4.98 Å². The summed E-state index contributed by atoms with van der Waals surface area (Å²) in [5.41, 5.74) is 2.65. The SMILES string of the molecule is Cc1cc(C)c(C(=O)N2CCCCC[C@H]2C[C@@H](O)c2ccco2)[nH]1. The first kappa shape index (κ1) is 16.8. The number of aryl methyl sites for hydroxylation is 2. The van der Waals surface area contributed by atoms with Gasteiger partial charge in [0.05, 0.1) is 6.26 Å². The Balaban J connectivity index is 1.79. The Morgan fingerprint density at radius 3 is 2.92 bits per heavy atom. The molecule has 1 aliphatic heterocycles. The van der Waals surface area contributed by atoms with Crippen molar-refractivity contribution < 1.29 is 14.3 Å². The van der Waals surface area contributed by atoms with Crippen molar-refractivity contribution in [1.82, 2.24) is 9.88 Å². The van der Waals surface area contributed by atoms with E-state index in [-0.39, 0.29) is 11.9 Å². The minimum atomic E-state index is -0.676. The van der Waals surface area contributed by atoms with Crippen LogP contribution in [0.15, 0.2) is 28.9 Å². The molecule has 2 atom stereocenters. The lowest BCUT2D eigenvalue weighted by Gasteiger charge is -2.31.